The smallest absolute Gasteiger partial charge is 0.0949 e. The van der Waals surface area contributed by atoms with Gasteiger partial charge < -0.3 is 20.3 Å². The van der Waals surface area contributed by atoms with E-state index in [0.717, 1.165) is 12.2 Å². The number of imidazole rings is 1. The van der Waals surface area contributed by atoms with Gasteiger partial charge in [-0.15, -0.1) is 0 Å². The predicted octanol–water partition coefficient (Wildman–Crippen LogP) is 0.359. The minimum Gasteiger partial charge on any atom is -0.394 e. The van der Waals surface area contributed by atoms with Crippen molar-refractivity contribution in [1.82, 2.24) is 14.5 Å². The van der Waals surface area contributed by atoms with Gasteiger partial charge in [-0.1, -0.05) is 6.42 Å². The normalized spacial score (nSPS) is 23.8. The molecule has 2 atom stereocenters. The SMILES string of the molecule is CN1CCCCC1Cn1cncc1C(N)CO. The fourth-order valence-corrected chi connectivity index (χ4v) is 2.49. The molecule has 5 nitrogen and oxygen atoms in total. The lowest BCUT2D eigenvalue weighted by Gasteiger charge is -2.33. The largest absolute Gasteiger partial charge is 0.394 e. The van der Waals surface area contributed by atoms with Crippen molar-refractivity contribution < 1.29 is 5.11 Å². The minimum atomic E-state index is -0.327. The van der Waals surface area contributed by atoms with Crippen LogP contribution in [0.4, 0.5) is 0 Å². The number of nitrogens with zero attached hydrogens (tertiary/aromatic N) is 3. The van der Waals surface area contributed by atoms with E-state index in [1.807, 2.05) is 6.33 Å². The number of aromatic nitrogens is 2. The second-order valence-electron chi connectivity index (χ2n) is 4.89. The van der Waals surface area contributed by atoms with E-state index in [4.69, 9.17) is 10.8 Å². The van der Waals surface area contributed by atoms with Gasteiger partial charge in [0.1, 0.15) is 0 Å². The molecule has 0 bridgehead atoms. The average molecular weight is 238 g/mol. The van der Waals surface area contributed by atoms with Crippen molar-refractivity contribution in [1.29, 1.82) is 0 Å². The van der Waals surface area contributed by atoms with E-state index in [1.165, 1.54) is 25.8 Å². The number of hydrogen-bond acceptors (Lipinski definition) is 4. The highest BCUT2D eigenvalue weighted by Gasteiger charge is 2.21. The highest BCUT2D eigenvalue weighted by molar-refractivity contribution is 5.05. The molecule has 1 fully saturated rings. The van der Waals surface area contributed by atoms with Crippen LogP contribution in [0.2, 0.25) is 0 Å². The Morgan fingerprint density at radius 1 is 1.59 bits per heavy atom. The molecule has 2 unspecified atom stereocenters. The number of rotatable bonds is 4. The Kier molecular flexibility index (Phi) is 4.15. The Bertz CT molecular complexity index is 352. The first-order valence-corrected chi connectivity index (χ1v) is 6.29. The van der Waals surface area contributed by atoms with Crippen molar-refractivity contribution in [3.63, 3.8) is 0 Å². The van der Waals surface area contributed by atoms with Gasteiger partial charge in [-0.05, 0) is 26.4 Å². The van der Waals surface area contributed by atoms with Crippen LogP contribution in [0.3, 0.4) is 0 Å². The fraction of sp³-hybridized carbons (Fsp3) is 0.750. The van der Waals surface area contributed by atoms with E-state index in [0.29, 0.717) is 6.04 Å². The summed E-state index contributed by atoms with van der Waals surface area (Å²) in [5.74, 6) is 0. The van der Waals surface area contributed by atoms with Gasteiger partial charge in [0.05, 0.1) is 24.7 Å². The molecular weight excluding hydrogens is 216 g/mol. The molecule has 2 rings (SSSR count). The summed E-state index contributed by atoms with van der Waals surface area (Å²) in [6, 6.07) is 0.231. The van der Waals surface area contributed by atoms with Crippen molar-refractivity contribution in [2.45, 2.75) is 37.9 Å². The van der Waals surface area contributed by atoms with Gasteiger partial charge in [0.15, 0.2) is 0 Å². The molecule has 0 aliphatic carbocycles. The molecule has 2 heterocycles. The molecule has 1 aromatic rings. The number of likely N-dealkylation sites (tertiary alicyclic amines) is 1. The monoisotopic (exact) mass is 238 g/mol. The van der Waals surface area contributed by atoms with E-state index in [9.17, 15) is 0 Å². The maximum atomic E-state index is 9.11. The Morgan fingerprint density at radius 3 is 3.12 bits per heavy atom. The summed E-state index contributed by atoms with van der Waals surface area (Å²) in [6.45, 7) is 2.05. The van der Waals surface area contributed by atoms with Crippen molar-refractivity contribution in [3.8, 4) is 0 Å². The highest BCUT2D eigenvalue weighted by atomic mass is 16.3. The van der Waals surface area contributed by atoms with Crippen LogP contribution in [-0.4, -0.2) is 45.8 Å². The van der Waals surface area contributed by atoms with Gasteiger partial charge in [-0.2, -0.15) is 0 Å². The van der Waals surface area contributed by atoms with Crippen molar-refractivity contribution >= 4 is 0 Å². The van der Waals surface area contributed by atoms with Crippen LogP contribution in [0, 0.1) is 0 Å². The average Bonchev–Trinajstić information content (AvgIpc) is 2.79. The Labute approximate surface area is 102 Å². The maximum absolute atomic E-state index is 9.11. The zero-order valence-electron chi connectivity index (χ0n) is 10.4. The van der Waals surface area contributed by atoms with Crippen LogP contribution in [0.1, 0.15) is 31.0 Å². The first-order chi connectivity index (χ1) is 8.22. The third-order valence-electron chi connectivity index (χ3n) is 3.65. The van der Waals surface area contributed by atoms with Crippen LogP contribution < -0.4 is 5.73 Å². The number of aliphatic hydroxyl groups excluding tert-OH is 1. The van der Waals surface area contributed by atoms with E-state index in [2.05, 4.69) is 21.5 Å². The zero-order chi connectivity index (χ0) is 12.3. The second-order valence-corrected chi connectivity index (χ2v) is 4.89. The topological polar surface area (TPSA) is 67.3 Å². The third kappa shape index (κ3) is 2.86. The van der Waals surface area contributed by atoms with Crippen LogP contribution in [0.5, 0.6) is 0 Å². The number of aliphatic hydroxyl groups is 1. The molecule has 1 aliphatic heterocycles. The summed E-state index contributed by atoms with van der Waals surface area (Å²) in [5.41, 5.74) is 6.78. The maximum Gasteiger partial charge on any atom is 0.0949 e. The number of nitrogens with two attached hydrogens (primary N) is 1. The molecule has 96 valence electrons. The molecule has 1 aromatic heterocycles. The lowest BCUT2D eigenvalue weighted by molar-refractivity contribution is 0.165. The van der Waals surface area contributed by atoms with Crippen molar-refractivity contribution in [2.75, 3.05) is 20.2 Å². The summed E-state index contributed by atoms with van der Waals surface area (Å²) in [7, 11) is 2.17. The predicted molar refractivity (Wildman–Crippen MR) is 66.5 cm³/mol. The number of hydrogen-bond donors (Lipinski definition) is 2. The van der Waals surface area contributed by atoms with Gasteiger partial charge in [0, 0.05) is 18.8 Å². The van der Waals surface area contributed by atoms with Gasteiger partial charge >= 0.3 is 0 Å². The van der Waals surface area contributed by atoms with Gasteiger partial charge in [0.2, 0.25) is 0 Å². The van der Waals surface area contributed by atoms with Crippen LogP contribution in [0.15, 0.2) is 12.5 Å². The Hall–Kier alpha value is -0.910. The molecular formula is C12H22N4O. The molecule has 0 saturated carbocycles. The molecule has 5 heteroatoms. The van der Waals surface area contributed by atoms with Crippen LogP contribution in [0.25, 0.3) is 0 Å². The second kappa shape index (κ2) is 5.62. The summed E-state index contributed by atoms with van der Waals surface area (Å²) >= 11 is 0. The first kappa shape index (κ1) is 12.5. The summed E-state index contributed by atoms with van der Waals surface area (Å²) < 4.78 is 2.08. The van der Waals surface area contributed by atoms with Gasteiger partial charge in [-0.3, -0.25) is 0 Å². The van der Waals surface area contributed by atoms with Crippen LogP contribution in [-0.2, 0) is 6.54 Å². The molecule has 17 heavy (non-hydrogen) atoms. The lowest BCUT2D eigenvalue weighted by Crippen LogP contribution is -2.39. The molecule has 1 saturated heterocycles. The number of likely N-dealkylation sites (N-methyl/N-ethyl adjacent to an activating group) is 1. The minimum absolute atomic E-state index is 0.0355. The third-order valence-corrected chi connectivity index (χ3v) is 3.65. The Balaban J connectivity index is 2.05. The summed E-state index contributed by atoms with van der Waals surface area (Å²) in [5, 5.41) is 9.11. The highest BCUT2D eigenvalue weighted by Crippen LogP contribution is 2.18. The number of piperidine rings is 1. The molecule has 3 N–H and O–H groups in total. The fourth-order valence-electron chi connectivity index (χ4n) is 2.49. The van der Waals surface area contributed by atoms with E-state index in [1.54, 1.807) is 6.20 Å². The molecule has 0 radical (unpaired) electrons. The van der Waals surface area contributed by atoms with E-state index >= 15 is 0 Å². The first-order valence-electron chi connectivity index (χ1n) is 6.29. The molecule has 0 spiro atoms. The van der Waals surface area contributed by atoms with Gasteiger partial charge in [0.25, 0.3) is 0 Å². The molecule has 1 aliphatic rings. The quantitative estimate of drug-likeness (QED) is 0.795. The molecule has 0 aromatic carbocycles. The van der Waals surface area contributed by atoms with Gasteiger partial charge in [-0.25, -0.2) is 4.98 Å². The standard InChI is InChI=1S/C12H22N4O/c1-15-5-3-2-4-10(15)7-16-9-14-6-12(16)11(13)8-17/h6,9-11,17H,2-5,7-8,13H2,1H3. The lowest BCUT2D eigenvalue weighted by atomic mass is 10.0. The van der Waals surface area contributed by atoms with E-state index in [-0.39, 0.29) is 12.6 Å². The zero-order valence-corrected chi connectivity index (χ0v) is 10.4. The van der Waals surface area contributed by atoms with Crippen LogP contribution >= 0.6 is 0 Å². The van der Waals surface area contributed by atoms with E-state index < -0.39 is 0 Å². The Morgan fingerprint density at radius 2 is 2.41 bits per heavy atom. The van der Waals surface area contributed by atoms with Crippen molar-refractivity contribution in [2.24, 2.45) is 5.73 Å². The van der Waals surface area contributed by atoms with Crippen molar-refractivity contribution in [3.05, 3.63) is 18.2 Å². The summed E-state index contributed by atoms with van der Waals surface area (Å²) in [6.07, 6.45) is 7.38. The summed E-state index contributed by atoms with van der Waals surface area (Å²) in [4.78, 5) is 6.54. The molecule has 0 amide bonds.